The van der Waals surface area contributed by atoms with Gasteiger partial charge in [-0.2, -0.15) is 11.8 Å². The van der Waals surface area contributed by atoms with Crippen LogP contribution >= 0.6 is 11.8 Å². The minimum absolute atomic E-state index is 0.165. The van der Waals surface area contributed by atoms with Crippen molar-refractivity contribution in [2.45, 2.75) is 31.4 Å². The molecule has 1 amide bonds. The molecule has 1 N–H and O–H groups in total. The number of para-hydroxylation sites is 1. The molecule has 7 heteroatoms. The third kappa shape index (κ3) is 6.85. The number of aryl methyl sites for hydroxylation is 3. The molecule has 0 unspecified atom stereocenters. The number of sulfonamides is 1. The molecule has 0 aliphatic carbocycles. The Balaban J connectivity index is 1.65. The van der Waals surface area contributed by atoms with Crippen LogP contribution < -0.4 is 9.62 Å². The van der Waals surface area contributed by atoms with Crippen molar-refractivity contribution in [1.29, 1.82) is 0 Å². The average Bonchev–Trinajstić information content (AvgIpc) is 2.79. The highest BCUT2D eigenvalue weighted by Gasteiger charge is 2.28. The number of amides is 1. The van der Waals surface area contributed by atoms with Crippen LogP contribution in [0.3, 0.4) is 0 Å². The van der Waals surface area contributed by atoms with Crippen LogP contribution in [0.2, 0.25) is 0 Å². The number of carbonyl (C=O) groups excluding carboxylic acids is 1. The third-order valence-corrected chi connectivity index (χ3v) is 8.04. The van der Waals surface area contributed by atoms with Crippen molar-refractivity contribution < 1.29 is 13.2 Å². The van der Waals surface area contributed by atoms with Crippen molar-refractivity contribution in [2.75, 3.05) is 23.1 Å². The second-order valence-electron chi connectivity index (χ2n) is 8.00. The van der Waals surface area contributed by atoms with Gasteiger partial charge in [0.2, 0.25) is 5.91 Å². The molecule has 0 bridgehead atoms. The number of anilines is 1. The van der Waals surface area contributed by atoms with Crippen molar-refractivity contribution in [3.63, 3.8) is 0 Å². The maximum Gasteiger partial charge on any atom is 0.264 e. The van der Waals surface area contributed by atoms with Gasteiger partial charge in [-0.3, -0.25) is 9.10 Å². The number of hydrogen-bond donors (Lipinski definition) is 1. The van der Waals surface area contributed by atoms with Crippen LogP contribution in [-0.2, 0) is 20.6 Å². The Morgan fingerprint density at radius 2 is 1.48 bits per heavy atom. The molecule has 0 heterocycles. The number of benzene rings is 3. The van der Waals surface area contributed by atoms with Crippen molar-refractivity contribution >= 4 is 33.4 Å². The lowest BCUT2D eigenvalue weighted by molar-refractivity contribution is -0.119. The van der Waals surface area contributed by atoms with Gasteiger partial charge in [0.15, 0.2) is 0 Å². The Hall–Kier alpha value is -2.77. The van der Waals surface area contributed by atoms with Crippen LogP contribution in [0.4, 0.5) is 5.69 Å². The molecular weight excluding hydrogens is 452 g/mol. The molecular formula is C26H30N2O3S2. The average molecular weight is 483 g/mol. The normalized spacial score (nSPS) is 11.2. The molecule has 0 aliphatic rings. The third-order valence-electron chi connectivity index (χ3n) is 5.24. The number of rotatable bonds is 10. The second-order valence-corrected chi connectivity index (χ2v) is 11.0. The zero-order chi connectivity index (χ0) is 23.8. The van der Waals surface area contributed by atoms with E-state index >= 15 is 0 Å². The van der Waals surface area contributed by atoms with Crippen molar-refractivity contribution in [3.8, 4) is 0 Å². The molecule has 0 spiro atoms. The van der Waals surface area contributed by atoms with E-state index in [1.54, 1.807) is 48.2 Å². The van der Waals surface area contributed by atoms with E-state index in [1.165, 1.54) is 15.4 Å². The van der Waals surface area contributed by atoms with Gasteiger partial charge in [0, 0.05) is 18.1 Å². The first-order valence-corrected chi connectivity index (χ1v) is 13.4. The van der Waals surface area contributed by atoms with Gasteiger partial charge in [-0.1, -0.05) is 65.7 Å². The van der Waals surface area contributed by atoms with Crippen LogP contribution in [0.25, 0.3) is 0 Å². The molecule has 3 rings (SSSR count). The topological polar surface area (TPSA) is 66.5 Å². The molecule has 33 heavy (non-hydrogen) atoms. The molecule has 0 fully saturated rings. The minimum atomic E-state index is -3.90. The molecule has 0 aliphatic heterocycles. The summed E-state index contributed by atoms with van der Waals surface area (Å²) >= 11 is 1.73. The molecule has 5 nitrogen and oxygen atoms in total. The first-order chi connectivity index (χ1) is 15.8. The van der Waals surface area contributed by atoms with Crippen LogP contribution in [0.1, 0.15) is 22.3 Å². The summed E-state index contributed by atoms with van der Waals surface area (Å²) in [6, 6.07) is 22.3. The largest absolute Gasteiger partial charge is 0.354 e. The van der Waals surface area contributed by atoms with Gasteiger partial charge < -0.3 is 5.32 Å². The summed E-state index contributed by atoms with van der Waals surface area (Å²) in [4.78, 5) is 12.9. The summed E-state index contributed by atoms with van der Waals surface area (Å²) in [5.41, 5.74) is 4.73. The van der Waals surface area contributed by atoms with Crippen LogP contribution in [-0.4, -0.2) is 33.2 Å². The van der Waals surface area contributed by atoms with Gasteiger partial charge in [0.1, 0.15) is 6.54 Å². The zero-order valence-corrected chi connectivity index (χ0v) is 20.9. The lowest BCUT2D eigenvalue weighted by Crippen LogP contribution is -2.41. The Morgan fingerprint density at radius 1 is 0.879 bits per heavy atom. The maximum atomic E-state index is 13.4. The molecule has 0 atom stereocenters. The molecule has 3 aromatic rings. The van der Waals surface area contributed by atoms with Gasteiger partial charge in [-0.05, 0) is 50.1 Å². The van der Waals surface area contributed by atoms with E-state index in [9.17, 15) is 13.2 Å². The van der Waals surface area contributed by atoms with E-state index in [0.29, 0.717) is 12.2 Å². The standard InChI is InChI=1S/C26H30N2O3S2/c1-20-8-12-23(13-9-20)19-32-17-16-27-26(29)18-28(25-7-5-4-6-22(25)3)33(30,31)24-14-10-21(2)11-15-24/h4-15H,16-19H2,1-3H3,(H,27,29). The SMILES string of the molecule is Cc1ccc(CSCCNC(=O)CN(c2ccccc2C)S(=O)(=O)c2ccc(C)cc2)cc1. The summed E-state index contributed by atoms with van der Waals surface area (Å²) < 4.78 is 28.1. The quantitative estimate of drug-likeness (QED) is 0.419. The first-order valence-electron chi connectivity index (χ1n) is 10.8. The minimum Gasteiger partial charge on any atom is -0.354 e. The van der Waals surface area contributed by atoms with Crippen LogP contribution in [0.5, 0.6) is 0 Å². The van der Waals surface area contributed by atoms with Gasteiger partial charge in [0.25, 0.3) is 10.0 Å². The van der Waals surface area contributed by atoms with Crippen molar-refractivity contribution in [2.24, 2.45) is 0 Å². The highest BCUT2D eigenvalue weighted by atomic mass is 32.2. The number of nitrogens with one attached hydrogen (secondary N) is 1. The lowest BCUT2D eigenvalue weighted by atomic mass is 10.2. The van der Waals surface area contributed by atoms with E-state index < -0.39 is 10.0 Å². The van der Waals surface area contributed by atoms with E-state index in [-0.39, 0.29) is 17.3 Å². The second kappa shape index (κ2) is 11.4. The fraction of sp³-hybridized carbons (Fsp3) is 0.269. The molecule has 0 aromatic heterocycles. The maximum absolute atomic E-state index is 13.4. The summed E-state index contributed by atoms with van der Waals surface area (Å²) in [5, 5.41) is 2.86. The lowest BCUT2D eigenvalue weighted by Gasteiger charge is -2.25. The Bertz CT molecular complexity index is 1170. The van der Waals surface area contributed by atoms with Crippen LogP contribution in [0, 0.1) is 20.8 Å². The number of nitrogens with zero attached hydrogens (tertiary/aromatic N) is 1. The van der Waals surface area contributed by atoms with Crippen LogP contribution in [0.15, 0.2) is 77.7 Å². The van der Waals surface area contributed by atoms with E-state index in [0.717, 1.165) is 22.6 Å². The number of carbonyl (C=O) groups is 1. The Labute approximate surface area is 201 Å². The number of thioether (sulfide) groups is 1. The van der Waals surface area contributed by atoms with Crippen molar-refractivity contribution in [1.82, 2.24) is 5.32 Å². The smallest absolute Gasteiger partial charge is 0.264 e. The summed E-state index contributed by atoms with van der Waals surface area (Å²) in [6.07, 6.45) is 0. The Morgan fingerprint density at radius 3 is 2.12 bits per heavy atom. The van der Waals surface area contributed by atoms with Crippen molar-refractivity contribution in [3.05, 3.63) is 95.1 Å². The fourth-order valence-corrected chi connectivity index (χ4v) is 5.61. The van der Waals surface area contributed by atoms with Gasteiger partial charge >= 0.3 is 0 Å². The van der Waals surface area contributed by atoms with Gasteiger partial charge in [-0.25, -0.2) is 8.42 Å². The fourth-order valence-electron chi connectivity index (χ4n) is 3.30. The summed E-state index contributed by atoms with van der Waals surface area (Å²) in [6.45, 7) is 6.00. The van der Waals surface area contributed by atoms with E-state index in [4.69, 9.17) is 0 Å². The van der Waals surface area contributed by atoms with Gasteiger partial charge in [-0.15, -0.1) is 0 Å². The Kier molecular flexibility index (Phi) is 8.58. The van der Waals surface area contributed by atoms with Gasteiger partial charge in [0.05, 0.1) is 10.6 Å². The first kappa shape index (κ1) is 24.9. The summed E-state index contributed by atoms with van der Waals surface area (Å²) in [5.74, 6) is 1.28. The monoisotopic (exact) mass is 482 g/mol. The molecule has 3 aromatic carbocycles. The molecule has 0 radical (unpaired) electrons. The molecule has 0 saturated heterocycles. The molecule has 174 valence electrons. The van der Waals surface area contributed by atoms with E-state index in [1.807, 2.05) is 26.0 Å². The zero-order valence-electron chi connectivity index (χ0n) is 19.2. The highest BCUT2D eigenvalue weighted by molar-refractivity contribution is 7.98. The highest BCUT2D eigenvalue weighted by Crippen LogP contribution is 2.26. The predicted molar refractivity (Wildman–Crippen MR) is 137 cm³/mol. The predicted octanol–water partition coefficient (Wildman–Crippen LogP) is 4.86. The van der Waals surface area contributed by atoms with E-state index in [2.05, 4.69) is 36.5 Å². The molecule has 0 saturated carbocycles. The number of hydrogen-bond acceptors (Lipinski definition) is 4. The summed E-state index contributed by atoms with van der Waals surface area (Å²) in [7, 11) is -3.90.